The number of nitrogens with zero attached hydrogens (tertiary/aromatic N) is 2. The Kier molecular flexibility index (Phi) is 4.49. The SMILES string of the molecule is C=CC=Cc1c(C=C)ccnc1C=CC#N. The van der Waals surface area contributed by atoms with Gasteiger partial charge in [0.05, 0.1) is 11.8 Å². The molecule has 1 heterocycles. The summed E-state index contributed by atoms with van der Waals surface area (Å²) in [6, 6.07) is 3.82. The third-order valence-corrected chi connectivity index (χ3v) is 1.99. The minimum absolute atomic E-state index is 0.747. The van der Waals surface area contributed by atoms with Gasteiger partial charge in [0.25, 0.3) is 0 Å². The molecular formula is C14H12N2. The first-order chi connectivity index (χ1) is 7.83. The molecule has 2 nitrogen and oxygen atoms in total. The number of allylic oxidation sites excluding steroid dienone is 3. The molecule has 0 bridgehead atoms. The van der Waals surface area contributed by atoms with Gasteiger partial charge in [-0.1, -0.05) is 37.5 Å². The van der Waals surface area contributed by atoms with Crippen molar-refractivity contribution in [2.24, 2.45) is 0 Å². The molecule has 0 amide bonds. The molecule has 78 valence electrons. The van der Waals surface area contributed by atoms with E-state index in [1.165, 1.54) is 6.08 Å². The van der Waals surface area contributed by atoms with Gasteiger partial charge < -0.3 is 0 Å². The first-order valence-corrected chi connectivity index (χ1v) is 4.80. The smallest absolute Gasteiger partial charge is 0.0912 e. The number of nitriles is 1. The third-order valence-electron chi connectivity index (χ3n) is 1.99. The largest absolute Gasteiger partial charge is 0.256 e. The monoisotopic (exact) mass is 208 g/mol. The molecule has 0 aliphatic carbocycles. The van der Waals surface area contributed by atoms with Crippen LogP contribution in [0.3, 0.4) is 0 Å². The lowest BCUT2D eigenvalue weighted by molar-refractivity contribution is 1.27. The molecule has 0 spiro atoms. The lowest BCUT2D eigenvalue weighted by Gasteiger charge is -2.03. The van der Waals surface area contributed by atoms with E-state index < -0.39 is 0 Å². The molecule has 0 aromatic carbocycles. The minimum atomic E-state index is 0.747. The van der Waals surface area contributed by atoms with Crippen molar-refractivity contribution in [1.82, 2.24) is 4.98 Å². The summed E-state index contributed by atoms with van der Waals surface area (Å²) in [6.07, 6.45) is 11.9. The predicted molar refractivity (Wildman–Crippen MR) is 68.2 cm³/mol. The van der Waals surface area contributed by atoms with E-state index in [4.69, 9.17) is 5.26 Å². The zero-order chi connectivity index (χ0) is 11.8. The summed E-state index contributed by atoms with van der Waals surface area (Å²) in [5, 5.41) is 8.50. The van der Waals surface area contributed by atoms with E-state index in [1.807, 2.05) is 24.3 Å². The zero-order valence-electron chi connectivity index (χ0n) is 8.93. The number of aromatic nitrogens is 1. The number of hydrogen-bond acceptors (Lipinski definition) is 2. The van der Waals surface area contributed by atoms with Crippen molar-refractivity contribution in [3.05, 3.63) is 60.5 Å². The van der Waals surface area contributed by atoms with Crippen LogP contribution in [0, 0.1) is 11.3 Å². The topological polar surface area (TPSA) is 36.7 Å². The molecule has 0 saturated carbocycles. The summed E-state index contributed by atoms with van der Waals surface area (Å²) in [5.41, 5.74) is 2.66. The van der Waals surface area contributed by atoms with Crippen LogP contribution in [-0.4, -0.2) is 4.98 Å². The van der Waals surface area contributed by atoms with Crippen LogP contribution in [0.4, 0.5) is 0 Å². The van der Waals surface area contributed by atoms with Gasteiger partial charge in [-0.05, 0) is 17.7 Å². The quantitative estimate of drug-likeness (QED) is 0.561. The molecule has 0 aliphatic rings. The van der Waals surface area contributed by atoms with Crippen molar-refractivity contribution in [2.75, 3.05) is 0 Å². The maximum atomic E-state index is 8.50. The zero-order valence-corrected chi connectivity index (χ0v) is 8.93. The first-order valence-electron chi connectivity index (χ1n) is 4.80. The van der Waals surface area contributed by atoms with Crippen LogP contribution in [0.2, 0.25) is 0 Å². The molecule has 1 aromatic rings. The molecule has 0 radical (unpaired) electrons. The van der Waals surface area contributed by atoms with Crippen LogP contribution >= 0.6 is 0 Å². The van der Waals surface area contributed by atoms with Crippen molar-refractivity contribution in [1.29, 1.82) is 5.26 Å². The molecule has 0 saturated heterocycles. The summed E-state index contributed by atoms with van der Waals surface area (Å²) in [7, 11) is 0. The fourth-order valence-corrected chi connectivity index (χ4v) is 1.28. The van der Waals surface area contributed by atoms with Gasteiger partial charge in [-0.3, -0.25) is 4.98 Å². The van der Waals surface area contributed by atoms with E-state index in [-0.39, 0.29) is 0 Å². The van der Waals surface area contributed by atoms with Crippen LogP contribution in [0.1, 0.15) is 16.8 Å². The van der Waals surface area contributed by atoms with Crippen LogP contribution in [-0.2, 0) is 0 Å². The first kappa shape index (κ1) is 11.7. The predicted octanol–water partition coefficient (Wildman–Crippen LogP) is 3.46. The average Bonchev–Trinajstić information content (AvgIpc) is 2.33. The minimum Gasteiger partial charge on any atom is -0.256 e. The summed E-state index contributed by atoms with van der Waals surface area (Å²) in [5.74, 6) is 0. The van der Waals surface area contributed by atoms with Crippen LogP contribution < -0.4 is 0 Å². The van der Waals surface area contributed by atoms with E-state index in [9.17, 15) is 0 Å². The lowest BCUT2D eigenvalue weighted by Crippen LogP contribution is -1.89. The molecule has 0 fully saturated rings. The standard InChI is InChI=1S/C14H12N2/c1-3-5-7-13-12(4-2)9-11-16-14(13)8-6-10-15/h3-9,11H,1-2H2. The molecule has 0 unspecified atom stereocenters. The maximum absolute atomic E-state index is 8.50. The molecular weight excluding hydrogens is 196 g/mol. The molecule has 1 rings (SSSR count). The Morgan fingerprint density at radius 2 is 2.12 bits per heavy atom. The van der Waals surface area contributed by atoms with E-state index >= 15 is 0 Å². The maximum Gasteiger partial charge on any atom is 0.0912 e. The van der Waals surface area contributed by atoms with E-state index in [1.54, 1.807) is 24.4 Å². The number of pyridine rings is 1. The van der Waals surface area contributed by atoms with Gasteiger partial charge in [-0.25, -0.2) is 0 Å². The fourth-order valence-electron chi connectivity index (χ4n) is 1.28. The summed E-state index contributed by atoms with van der Waals surface area (Å²) in [4.78, 5) is 4.21. The summed E-state index contributed by atoms with van der Waals surface area (Å²) >= 11 is 0. The van der Waals surface area contributed by atoms with Crippen molar-refractivity contribution < 1.29 is 0 Å². The van der Waals surface area contributed by atoms with Crippen molar-refractivity contribution in [3.8, 4) is 6.07 Å². The Bertz CT molecular complexity index is 488. The van der Waals surface area contributed by atoms with Gasteiger partial charge in [0, 0.05) is 17.8 Å². The Hall–Kier alpha value is -2.40. The average molecular weight is 208 g/mol. The van der Waals surface area contributed by atoms with Crippen LogP contribution in [0.5, 0.6) is 0 Å². The summed E-state index contributed by atoms with van der Waals surface area (Å²) in [6.45, 7) is 7.36. The lowest BCUT2D eigenvalue weighted by atomic mass is 10.1. The second-order valence-corrected chi connectivity index (χ2v) is 2.96. The second kappa shape index (κ2) is 6.15. The van der Waals surface area contributed by atoms with E-state index in [2.05, 4.69) is 18.1 Å². The Morgan fingerprint density at radius 3 is 2.75 bits per heavy atom. The van der Waals surface area contributed by atoms with Crippen LogP contribution in [0.25, 0.3) is 18.2 Å². The van der Waals surface area contributed by atoms with Gasteiger partial charge in [0.2, 0.25) is 0 Å². The number of hydrogen-bond donors (Lipinski definition) is 0. The molecule has 0 aliphatic heterocycles. The number of rotatable bonds is 4. The van der Waals surface area contributed by atoms with Gasteiger partial charge in [0.1, 0.15) is 0 Å². The molecule has 1 aromatic heterocycles. The highest BCUT2D eigenvalue weighted by Crippen LogP contribution is 2.17. The highest BCUT2D eigenvalue weighted by atomic mass is 14.7. The molecule has 2 heteroatoms. The highest BCUT2D eigenvalue weighted by Gasteiger charge is 2.01. The normalized spacial score (nSPS) is 10.4. The van der Waals surface area contributed by atoms with Gasteiger partial charge in [-0.15, -0.1) is 0 Å². The van der Waals surface area contributed by atoms with Crippen molar-refractivity contribution in [3.63, 3.8) is 0 Å². The van der Waals surface area contributed by atoms with Crippen LogP contribution in [0.15, 0.2) is 43.6 Å². The molecule has 0 atom stereocenters. The Morgan fingerprint density at radius 1 is 1.31 bits per heavy atom. The van der Waals surface area contributed by atoms with Gasteiger partial charge in [0.15, 0.2) is 0 Å². The molecule has 0 N–H and O–H groups in total. The Balaban J connectivity index is 3.31. The fraction of sp³-hybridized carbons (Fsp3) is 0. The van der Waals surface area contributed by atoms with E-state index in [0.717, 1.165) is 16.8 Å². The molecule has 16 heavy (non-hydrogen) atoms. The van der Waals surface area contributed by atoms with Crippen molar-refractivity contribution in [2.45, 2.75) is 0 Å². The third kappa shape index (κ3) is 2.79. The van der Waals surface area contributed by atoms with Crippen molar-refractivity contribution >= 4 is 18.2 Å². The Labute approximate surface area is 95.6 Å². The van der Waals surface area contributed by atoms with E-state index in [0.29, 0.717) is 0 Å². The summed E-state index contributed by atoms with van der Waals surface area (Å²) < 4.78 is 0. The second-order valence-electron chi connectivity index (χ2n) is 2.96. The highest BCUT2D eigenvalue weighted by molar-refractivity contribution is 5.72. The van der Waals surface area contributed by atoms with Gasteiger partial charge in [-0.2, -0.15) is 5.26 Å². The van der Waals surface area contributed by atoms with Gasteiger partial charge >= 0.3 is 0 Å².